The summed E-state index contributed by atoms with van der Waals surface area (Å²) in [4.78, 5) is 11.0. The van der Waals surface area contributed by atoms with E-state index in [9.17, 15) is 4.79 Å². The number of carboxylic acids is 1. The number of halogens is 1. The number of nitrogens with one attached hydrogen (secondary N) is 1. The molecule has 0 saturated carbocycles. The molecule has 0 atom stereocenters. The summed E-state index contributed by atoms with van der Waals surface area (Å²) in [5.74, 6) is -0.972. The number of hydrogen-bond donors (Lipinski definition) is 2. The topological polar surface area (TPSA) is 49.3 Å². The van der Waals surface area contributed by atoms with Crippen LogP contribution in [0, 0.1) is 0 Å². The summed E-state index contributed by atoms with van der Waals surface area (Å²) < 4.78 is 0. The first-order valence-electron chi connectivity index (χ1n) is 5.02. The Morgan fingerprint density at radius 1 is 1.00 bits per heavy atom. The molecule has 0 spiro atoms. The molecule has 2 aromatic carbocycles. The van der Waals surface area contributed by atoms with Gasteiger partial charge >= 0.3 is 35.5 Å². The fraction of sp³-hybridized carbons (Fsp3) is 0. The summed E-state index contributed by atoms with van der Waals surface area (Å²) in [5.41, 5.74) is 1.42. The monoisotopic (exact) mass is 271 g/mol. The molecule has 0 bridgehead atoms. The summed E-state index contributed by atoms with van der Waals surface area (Å²) >= 11 is 6.00. The van der Waals surface area contributed by atoms with Crippen molar-refractivity contribution in [1.29, 1.82) is 0 Å². The first-order chi connectivity index (χ1) is 8.18. The molecule has 3 nitrogen and oxygen atoms in total. The Morgan fingerprint density at radius 2 is 1.56 bits per heavy atom. The molecule has 0 aliphatic rings. The van der Waals surface area contributed by atoms with Gasteiger partial charge in [0.1, 0.15) is 0 Å². The van der Waals surface area contributed by atoms with Gasteiger partial charge in [0.25, 0.3) is 0 Å². The van der Waals surface area contributed by atoms with E-state index in [1.807, 2.05) is 12.1 Å². The molecule has 18 heavy (non-hydrogen) atoms. The molecular weight excluding hydrogens is 261 g/mol. The van der Waals surface area contributed by atoms with Crippen molar-refractivity contribution in [2.45, 2.75) is 0 Å². The van der Waals surface area contributed by atoms with Crippen LogP contribution in [0.1, 0.15) is 10.4 Å². The zero-order valence-corrected chi connectivity index (χ0v) is 9.61. The van der Waals surface area contributed by atoms with Crippen molar-refractivity contribution in [2.75, 3.05) is 5.32 Å². The number of aromatic carboxylic acids is 1. The molecule has 0 saturated heterocycles. The quantitative estimate of drug-likeness (QED) is 0.843. The Kier molecular flexibility index (Phi) is 5.69. The molecule has 0 heterocycles. The van der Waals surface area contributed by atoms with Crippen molar-refractivity contribution in [2.24, 2.45) is 0 Å². The van der Waals surface area contributed by atoms with Crippen LogP contribution in [-0.2, 0) is 0 Å². The van der Waals surface area contributed by atoms with Gasteiger partial charge in [0.2, 0.25) is 0 Å². The Hall–Kier alpha value is -1.000. The third-order valence-corrected chi connectivity index (χ3v) is 2.63. The van der Waals surface area contributed by atoms with Gasteiger partial charge in [-0.3, -0.25) is 0 Å². The van der Waals surface area contributed by atoms with Gasteiger partial charge in [0, 0.05) is 0 Å². The van der Waals surface area contributed by atoms with Crippen molar-refractivity contribution in [3.05, 3.63) is 59.1 Å². The number of rotatable bonds is 3. The van der Waals surface area contributed by atoms with Gasteiger partial charge in [0.15, 0.2) is 0 Å². The molecule has 0 aliphatic carbocycles. The molecule has 0 aliphatic heterocycles. The van der Waals surface area contributed by atoms with Gasteiger partial charge in [-0.1, -0.05) is 35.9 Å². The molecule has 0 radical (unpaired) electrons. The minimum atomic E-state index is -0.972. The molecule has 0 amide bonds. The summed E-state index contributed by atoms with van der Waals surface area (Å²) in [7, 11) is 0. The first-order valence-corrected chi connectivity index (χ1v) is 5.40. The van der Waals surface area contributed by atoms with Gasteiger partial charge in [-0.25, -0.2) is 4.79 Å². The zero-order chi connectivity index (χ0) is 12.3. The van der Waals surface area contributed by atoms with E-state index in [1.54, 1.807) is 36.4 Å². The number of para-hydroxylation sites is 2. The maximum atomic E-state index is 11.0. The van der Waals surface area contributed by atoms with Crippen LogP contribution in [0.25, 0.3) is 0 Å². The molecule has 2 rings (SSSR count). The second kappa shape index (κ2) is 6.81. The fourth-order valence-corrected chi connectivity index (χ4v) is 1.67. The van der Waals surface area contributed by atoms with Gasteiger partial charge in [-0.15, -0.1) is 0 Å². The Morgan fingerprint density at radius 3 is 2.17 bits per heavy atom. The van der Waals surface area contributed by atoms with Gasteiger partial charge in [-0.2, -0.15) is 0 Å². The van der Waals surface area contributed by atoms with Crippen molar-refractivity contribution in [3.8, 4) is 0 Å². The predicted octanol–water partition coefficient (Wildman–Crippen LogP) is 3.13. The van der Waals surface area contributed by atoms with E-state index in [4.69, 9.17) is 16.7 Å². The van der Waals surface area contributed by atoms with Crippen molar-refractivity contribution in [3.63, 3.8) is 0 Å². The van der Waals surface area contributed by atoms with Crippen molar-refractivity contribution >= 4 is 58.5 Å². The molecule has 0 aromatic heterocycles. The van der Waals surface area contributed by atoms with Gasteiger partial charge < -0.3 is 10.4 Å². The van der Waals surface area contributed by atoms with Crippen LogP contribution in [-0.4, -0.2) is 40.6 Å². The second-order valence-electron chi connectivity index (χ2n) is 3.46. The molecule has 2 aromatic rings. The second-order valence-corrected chi connectivity index (χ2v) is 3.86. The van der Waals surface area contributed by atoms with Crippen molar-refractivity contribution < 1.29 is 9.90 Å². The average molecular weight is 272 g/mol. The summed E-state index contributed by atoms with van der Waals surface area (Å²) in [6, 6.07) is 13.9. The summed E-state index contributed by atoms with van der Waals surface area (Å²) in [5, 5.41) is 12.6. The molecule has 0 unspecified atom stereocenters. The standard InChI is InChI=1S/C13H10ClNO2.Na.H/c14-10-6-2-4-8-12(10)15-11-7-3-1-5-9(11)13(16)17;;/h1-8,15H,(H,16,17);;. The van der Waals surface area contributed by atoms with Crippen LogP contribution in [0.15, 0.2) is 48.5 Å². The predicted molar refractivity (Wildman–Crippen MR) is 75.3 cm³/mol. The number of benzene rings is 2. The van der Waals surface area contributed by atoms with E-state index >= 15 is 0 Å². The first kappa shape index (κ1) is 15.1. The van der Waals surface area contributed by atoms with E-state index in [1.165, 1.54) is 0 Å². The minimum absolute atomic E-state index is 0. The zero-order valence-electron chi connectivity index (χ0n) is 8.85. The summed E-state index contributed by atoms with van der Waals surface area (Å²) in [6.45, 7) is 0. The van der Waals surface area contributed by atoms with E-state index in [-0.39, 0.29) is 35.1 Å². The normalized spacial score (nSPS) is 9.39. The maximum absolute atomic E-state index is 11.0. The molecule has 5 heteroatoms. The van der Waals surface area contributed by atoms with E-state index in [0.29, 0.717) is 16.4 Å². The number of anilines is 2. The molecule has 88 valence electrons. The molecule has 2 N–H and O–H groups in total. The third-order valence-electron chi connectivity index (χ3n) is 2.30. The average Bonchev–Trinajstić information content (AvgIpc) is 2.32. The van der Waals surface area contributed by atoms with Crippen LogP contribution in [0.2, 0.25) is 5.02 Å². The number of carbonyl (C=O) groups is 1. The van der Waals surface area contributed by atoms with E-state index < -0.39 is 5.97 Å². The van der Waals surface area contributed by atoms with E-state index in [0.717, 1.165) is 0 Å². The summed E-state index contributed by atoms with van der Waals surface area (Å²) in [6.07, 6.45) is 0. The number of hydrogen-bond acceptors (Lipinski definition) is 2. The van der Waals surface area contributed by atoms with Crippen LogP contribution in [0.3, 0.4) is 0 Å². The van der Waals surface area contributed by atoms with Crippen LogP contribution >= 0.6 is 11.6 Å². The molecular formula is C13H11ClNNaO2. The SMILES string of the molecule is O=C(O)c1ccccc1Nc1ccccc1Cl.[NaH]. The van der Waals surface area contributed by atoms with Crippen molar-refractivity contribution in [1.82, 2.24) is 0 Å². The van der Waals surface area contributed by atoms with Gasteiger partial charge in [-0.05, 0) is 24.3 Å². The Labute approximate surface area is 132 Å². The molecule has 0 fully saturated rings. The Balaban J connectivity index is 0.00000162. The van der Waals surface area contributed by atoms with E-state index in [2.05, 4.69) is 5.32 Å². The van der Waals surface area contributed by atoms with Gasteiger partial charge in [0.05, 0.1) is 22.0 Å². The third kappa shape index (κ3) is 3.50. The Bertz CT molecular complexity index is 560. The van der Waals surface area contributed by atoms with Crippen LogP contribution in [0.4, 0.5) is 11.4 Å². The number of carboxylic acid groups (broad SMARTS) is 1. The fourth-order valence-electron chi connectivity index (χ4n) is 1.49. The van der Waals surface area contributed by atoms with Crippen LogP contribution in [0.5, 0.6) is 0 Å². The van der Waals surface area contributed by atoms with Crippen LogP contribution < -0.4 is 5.32 Å².